The molecule has 1 heterocycles. The van der Waals surface area contributed by atoms with E-state index in [2.05, 4.69) is 19.8 Å². The third-order valence-corrected chi connectivity index (χ3v) is 7.44. The number of nitrogens with one attached hydrogen (secondary N) is 4. The summed E-state index contributed by atoms with van der Waals surface area (Å²) in [5, 5.41) is 26.1. The molecule has 0 atom stereocenters. The van der Waals surface area contributed by atoms with Gasteiger partial charge in [0.25, 0.3) is 10.0 Å². The molecule has 0 bridgehead atoms. The summed E-state index contributed by atoms with van der Waals surface area (Å²) in [5.41, 5.74) is 0.512. The smallest absolute Gasteiger partial charge is 0.253 e. The molecule has 2 aromatic rings. The zero-order valence-electron chi connectivity index (χ0n) is 14.7. The van der Waals surface area contributed by atoms with Crippen LogP contribution in [0.4, 0.5) is 11.4 Å². The molecule has 0 saturated heterocycles. The molecule has 13 heteroatoms. The second kappa shape index (κ2) is 9.81. The van der Waals surface area contributed by atoms with Crippen LogP contribution in [0.1, 0.15) is 6.92 Å². The molecule has 0 aliphatic carbocycles. The highest BCUT2D eigenvalue weighted by Gasteiger charge is 2.24. The number of thiophene rings is 1. The van der Waals surface area contributed by atoms with Gasteiger partial charge in [-0.3, -0.25) is 5.41 Å². The summed E-state index contributed by atoms with van der Waals surface area (Å²) in [5.74, 6) is -0.544. The highest BCUT2D eigenvalue weighted by molar-refractivity contribution is 7.97. The second-order valence-electron chi connectivity index (χ2n) is 5.14. The maximum absolute atomic E-state index is 12.1. The van der Waals surface area contributed by atoms with Crippen LogP contribution in [-0.2, 0) is 10.0 Å². The zero-order valence-corrected chi connectivity index (χ0v) is 18.7. The van der Waals surface area contributed by atoms with Crippen molar-refractivity contribution in [3.8, 4) is 5.75 Å². The predicted molar refractivity (Wildman–Crippen MR) is 119 cm³/mol. The van der Waals surface area contributed by atoms with Gasteiger partial charge in [0.15, 0.2) is 21.6 Å². The minimum atomic E-state index is -3.82. The molecule has 0 unspecified atom stereocenters. The standard InChI is InChI=1S/C15H17Cl2N5O3S3/c1-3-19-28(24,25)15-12(23)10(7-27-15)21-14(22-26-2)13(18)20-9-6-4-5-8(16)11(9)17/h4-7,19,23H,3H2,1-2H3,(H2,18,20)(H,21,22). The molecule has 2 rings (SSSR count). The fraction of sp³-hybridized carbons (Fsp3) is 0.200. The third-order valence-electron chi connectivity index (χ3n) is 3.19. The number of aromatic hydroxyl groups is 1. The summed E-state index contributed by atoms with van der Waals surface area (Å²) in [7, 11) is -3.82. The molecule has 8 nitrogen and oxygen atoms in total. The lowest BCUT2D eigenvalue weighted by Crippen LogP contribution is -2.28. The van der Waals surface area contributed by atoms with Gasteiger partial charge in [0.1, 0.15) is 0 Å². The number of sulfonamides is 1. The van der Waals surface area contributed by atoms with Gasteiger partial charge in [-0.05, 0) is 24.1 Å². The van der Waals surface area contributed by atoms with Crippen LogP contribution in [0.2, 0.25) is 10.0 Å². The number of hydrogen-bond acceptors (Lipinski definition) is 7. The third kappa shape index (κ3) is 5.31. The number of hydrogen-bond donors (Lipinski definition) is 5. The van der Waals surface area contributed by atoms with Crippen LogP contribution in [0.3, 0.4) is 0 Å². The SMILES string of the molecule is CCNS(=O)(=O)c1scc(N/C(=N/SC)C(=N)Nc2cccc(Cl)c2Cl)c1O. The number of nitrogens with zero attached hydrogens (tertiary/aromatic N) is 1. The second-order valence-corrected chi connectivity index (χ2v) is 9.31. The Kier molecular flexibility index (Phi) is 7.98. The molecule has 28 heavy (non-hydrogen) atoms. The van der Waals surface area contributed by atoms with E-state index in [1.165, 1.54) is 5.38 Å². The Morgan fingerprint density at radius 2 is 2.04 bits per heavy atom. The summed E-state index contributed by atoms with van der Waals surface area (Å²) in [6.07, 6.45) is 1.69. The van der Waals surface area contributed by atoms with E-state index in [9.17, 15) is 13.5 Å². The van der Waals surface area contributed by atoms with E-state index in [0.717, 1.165) is 23.3 Å². The summed E-state index contributed by atoms with van der Waals surface area (Å²) in [4.78, 5) is 0. The maximum Gasteiger partial charge on any atom is 0.253 e. The van der Waals surface area contributed by atoms with Crippen LogP contribution in [0.5, 0.6) is 5.75 Å². The summed E-state index contributed by atoms with van der Waals surface area (Å²) in [6, 6.07) is 4.93. The van der Waals surface area contributed by atoms with Crippen LogP contribution in [0.15, 0.2) is 32.2 Å². The molecule has 0 aliphatic rings. The van der Waals surface area contributed by atoms with Gasteiger partial charge in [0.2, 0.25) is 0 Å². The predicted octanol–water partition coefficient (Wildman–Crippen LogP) is 4.24. The molecular weight excluding hydrogens is 465 g/mol. The lowest BCUT2D eigenvalue weighted by Gasteiger charge is -2.13. The van der Waals surface area contributed by atoms with E-state index in [1.807, 2.05) is 0 Å². The first-order valence-corrected chi connectivity index (χ1v) is 12.0. The van der Waals surface area contributed by atoms with E-state index in [1.54, 1.807) is 31.4 Å². The summed E-state index contributed by atoms with van der Waals surface area (Å²) >= 11 is 14.0. The number of rotatable bonds is 6. The van der Waals surface area contributed by atoms with E-state index < -0.39 is 15.8 Å². The lowest BCUT2D eigenvalue weighted by atomic mass is 10.3. The average Bonchev–Trinajstić information content (AvgIpc) is 3.00. The zero-order chi connectivity index (χ0) is 20.9. The van der Waals surface area contributed by atoms with Crippen molar-refractivity contribution in [2.24, 2.45) is 4.40 Å². The van der Waals surface area contributed by atoms with Crippen molar-refractivity contribution >= 4 is 79.6 Å². The first kappa shape index (κ1) is 22.8. The monoisotopic (exact) mass is 481 g/mol. The number of benzene rings is 1. The minimum Gasteiger partial charge on any atom is -0.504 e. The van der Waals surface area contributed by atoms with Gasteiger partial charge in [0, 0.05) is 18.2 Å². The number of anilines is 2. The van der Waals surface area contributed by atoms with E-state index in [4.69, 9.17) is 28.6 Å². The van der Waals surface area contributed by atoms with Crippen LogP contribution in [0, 0.1) is 5.41 Å². The summed E-state index contributed by atoms with van der Waals surface area (Å²) in [6.45, 7) is 1.83. The van der Waals surface area contributed by atoms with Gasteiger partial charge in [-0.1, -0.05) is 36.2 Å². The van der Waals surface area contributed by atoms with Crippen LogP contribution < -0.4 is 15.4 Å². The molecule has 0 saturated carbocycles. The van der Waals surface area contributed by atoms with Crippen molar-refractivity contribution in [2.75, 3.05) is 23.4 Å². The fourth-order valence-corrected chi connectivity index (χ4v) is 5.00. The molecule has 0 spiro atoms. The van der Waals surface area contributed by atoms with Gasteiger partial charge >= 0.3 is 0 Å². The highest BCUT2D eigenvalue weighted by atomic mass is 35.5. The van der Waals surface area contributed by atoms with Gasteiger partial charge in [-0.25, -0.2) is 13.1 Å². The van der Waals surface area contributed by atoms with Crippen molar-refractivity contribution in [3.05, 3.63) is 33.6 Å². The van der Waals surface area contributed by atoms with Gasteiger partial charge < -0.3 is 15.7 Å². The van der Waals surface area contributed by atoms with Crippen LogP contribution in [0.25, 0.3) is 0 Å². The Bertz CT molecular complexity index is 1010. The first-order valence-electron chi connectivity index (χ1n) is 7.69. The normalized spacial score (nSPS) is 12.1. The molecule has 0 fully saturated rings. The Hall–Kier alpha value is -1.50. The maximum atomic E-state index is 12.1. The lowest BCUT2D eigenvalue weighted by molar-refractivity contribution is 0.466. The minimum absolute atomic E-state index is 0.0593. The van der Waals surface area contributed by atoms with Gasteiger partial charge in [0.05, 0.1) is 21.4 Å². The number of amidine groups is 2. The van der Waals surface area contributed by atoms with Gasteiger partial charge in [-0.2, -0.15) is 4.40 Å². The Morgan fingerprint density at radius 3 is 2.68 bits per heavy atom. The quantitative estimate of drug-likeness (QED) is 0.238. The van der Waals surface area contributed by atoms with Crippen molar-refractivity contribution < 1.29 is 13.5 Å². The fourth-order valence-electron chi connectivity index (χ4n) is 2.01. The Labute approximate surface area is 181 Å². The molecule has 152 valence electrons. The molecule has 5 N–H and O–H groups in total. The van der Waals surface area contributed by atoms with E-state index >= 15 is 0 Å². The van der Waals surface area contributed by atoms with Crippen LogP contribution >= 0.6 is 46.5 Å². The molecular formula is C15H17Cl2N5O3S3. The van der Waals surface area contributed by atoms with E-state index in [-0.39, 0.29) is 33.1 Å². The van der Waals surface area contributed by atoms with Gasteiger partial charge in [-0.15, -0.1) is 11.3 Å². The molecule has 0 amide bonds. The molecule has 0 aliphatic heterocycles. The molecule has 1 aromatic carbocycles. The number of halogens is 2. The Balaban J connectivity index is 2.27. The molecule has 0 radical (unpaired) electrons. The van der Waals surface area contributed by atoms with Crippen molar-refractivity contribution in [2.45, 2.75) is 11.1 Å². The topological polar surface area (TPSA) is 127 Å². The van der Waals surface area contributed by atoms with Crippen molar-refractivity contribution in [1.82, 2.24) is 4.72 Å². The molecule has 1 aromatic heterocycles. The van der Waals surface area contributed by atoms with E-state index in [0.29, 0.717) is 10.7 Å². The largest absolute Gasteiger partial charge is 0.504 e. The average molecular weight is 482 g/mol. The Morgan fingerprint density at radius 1 is 1.32 bits per heavy atom. The van der Waals surface area contributed by atoms with Crippen molar-refractivity contribution in [1.29, 1.82) is 5.41 Å². The van der Waals surface area contributed by atoms with Crippen LogP contribution in [-0.4, -0.2) is 38.0 Å². The summed E-state index contributed by atoms with van der Waals surface area (Å²) < 4.78 is 30.4. The first-order chi connectivity index (χ1) is 13.2. The van der Waals surface area contributed by atoms with Crippen molar-refractivity contribution in [3.63, 3.8) is 0 Å². The highest BCUT2D eigenvalue weighted by Crippen LogP contribution is 2.37.